The molecule has 2 rings (SSSR count). The van der Waals surface area contributed by atoms with Gasteiger partial charge in [0.25, 0.3) is 0 Å². The van der Waals surface area contributed by atoms with Crippen molar-refractivity contribution in [2.45, 2.75) is 19.5 Å². The van der Waals surface area contributed by atoms with E-state index >= 15 is 0 Å². The van der Waals surface area contributed by atoms with Gasteiger partial charge in [0, 0.05) is 6.54 Å². The number of aromatic carboxylic acids is 1. The summed E-state index contributed by atoms with van der Waals surface area (Å²) in [6, 6.07) is 10.7. The van der Waals surface area contributed by atoms with Crippen molar-refractivity contribution in [3.63, 3.8) is 0 Å². The number of carboxylic acids is 1. The van der Waals surface area contributed by atoms with Crippen LogP contribution in [0.4, 0.5) is 0 Å². The molecule has 4 nitrogen and oxygen atoms in total. The van der Waals surface area contributed by atoms with Crippen molar-refractivity contribution in [2.75, 3.05) is 0 Å². The van der Waals surface area contributed by atoms with E-state index in [1.54, 1.807) is 18.4 Å². The van der Waals surface area contributed by atoms with Gasteiger partial charge in [-0.05, 0) is 30.7 Å². The molecule has 2 aromatic rings. The van der Waals surface area contributed by atoms with Gasteiger partial charge >= 0.3 is 5.97 Å². The van der Waals surface area contributed by atoms with Crippen LogP contribution < -0.4 is 5.32 Å². The van der Waals surface area contributed by atoms with Crippen LogP contribution in [0, 0.1) is 0 Å². The molecule has 1 heterocycles. The van der Waals surface area contributed by atoms with Crippen LogP contribution in [0.25, 0.3) is 0 Å². The van der Waals surface area contributed by atoms with Gasteiger partial charge in [0.1, 0.15) is 5.76 Å². The van der Waals surface area contributed by atoms with E-state index in [9.17, 15) is 4.79 Å². The van der Waals surface area contributed by atoms with Gasteiger partial charge in [-0.15, -0.1) is 0 Å². The lowest BCUT2D eigenvalue weighted by Crippen LogP contribution is -2.19. The molecule has 0 unspecified atom stereocenters. The normalized spacial score (nSPS) is 12.3. The first kappa shape index (κ1) is 12.4. The lowest BCUT2D eigenvalue weighted by Gasteiger charge is -2.12. The van der Waals surface area contributed by atoms with Gasteiger partial charge in [-0.3, -0.25) is 0 Å². The van der Waals surface area contributed by atoms with Crippen LogP contribution in [0.3, 0.4) is 0 Å². The Hall–Kier alpha value is -2.07. The van der Waals surface area contributed by atoms with Crippen molar-refractivity contribution in [2.24, 2.45) is 0 Å². The highest BCUT2D eigenvalue weighted by Gasteiger charge is 2.11. The van der Waals surface area contributed by atoms with Crippen LogP contribution in [-0.4, -0.2) is 11.1 Å². The molecule has 0 aliphatic heterocycles. The monoisotopic (exact) mass is 245 g/mol. The molecule has 0 fully saturated rings. The Morgan fingerprint density at radius 1 is 1.33 bits per heavy atom. The third-order valence-corrected chi connectivity index (χ3v) is 2.82. The molecule has 0 amide bonds. The first-order valence-electron chi connectivity index (χ1n) is 5.76. The molecule has 4 heteroatoms. The van der Waals surface area contributed by atoms with Gasteiger partial charge < -0.3 is 14.8 Å². The van der Waals surface area contributed by atoms with Gasteiger partial charge in [0.15, 0.2) is 0 Å². The second kappa shape index (κ2) is 5.51. The van der Waals surface area contributed by atoms with Crippen molar-refractivity contribution in [1.82, 2.24) is 5.32 Å². The minimum atomic E-state index is -0.905. The number of benzene rings is 1. The minimum absolute atomic E-state index is 0.0434. The fourth-order valence-electron chi connectivity index (χ4n) is 1.78. The van der Waals surface area contributed by atoms with Gasteiger partial charge in [-0.1, -0.05) is 18.2 Å². The fourth-order valence-corrected chi connectivity index (χ4v) is 1.78. The second-order valence-electron chi connectivity index (χ2n) is 4.08. The number of rotatable bonds is 5. The Morgan fingerprint density at radius 3 is 2.78 bits per heavy atom. The molecular weight excluding hydrogens is 230 g/mol. The topological polar surface area (TPSA) is 62.5 Å². The third-order valence-electron chi connectivity index (χ3n) is 2.82. The molecule has 94 valence electrons. The molecular formula is C14H15NO3. The highest BCUT2D eigenvalue weighted by atomic mass is 16.4. The maximum Gasteiger partial charge on any atom is 0.336 e. The lowest BCUT2D eigenvalue weighted by atomic mass is 10.1. The third kappa shape index (κ3) is 2.78. The zero-order valence-corrected chi connectivity index (χ0v) is 10.1. The second-order valence-corrected chi connectivity index (χ2v) is 4.08. The molecule has 0 aliphatic carbocycles. The van der Waals surface area contributed by atoms with E-state index in [-0.39, 0.29) is 6.04 Å². The van der Waals surface area contributed by atoms with E-state index in [1.165, 1.54) is 0 Å². The number of carboxylic acid groups (broad SMARTS) is 1. The quantitative estimate of drug-likeness (QED) is 0.850. The van der Waals surface area contributed by atoms with Gasteiger partial charge in [0.2, 0.25) is 0 Å². The Balaban J connectivity index is 2.04. The summed E-state index contributed by atoms with van der Waals surface area (Å²) in [6.07, 6.45) is 1.62. The smallest absolute Gasteiger partial charge is 0.336 e. The lowest BCUT2D eigenvalue weighted by molar-refractivity contribution is 0.0695. The molecule has 0 spiro atoms. The average molecular weight is 245 g/mol. The van der Waals surface area contributed by atoms with Crippen molar-refractivity contribution < 1.29 is 14.3 Å². The number of carbonyl (C=O) groups is 1. The van der Waals surface area contributed by atoms with E-state index in [4.69, 9.17) is 9.52 Å². The molecule has 1 aromatic heterocycles. The van der Waals surface area contributed by atoms with E-state index in [2.05, 4.69) is 5.32 Å². The summed E-state index contributed by atoms with van der Waals surface area (Å²) < 4.78 is 5.28. The first-order chi connectivity index (χ1) is 8.68. The molecule has 0 aliphatic rings. The Bertz CT molecular complexity index is 520. The average Bonchev–Trinajstić information content (AvgIpc) is 2.90. The predicted octanol–water partition coefficient (Wildman–Crippen LogP) is 2.83. The van der Waals surface area contributed by atoms with E-state index in [1.807, 2.05) is 31.2 Å². The maximum atomic E-state index is 11.0. The molecule has 0 saturated carbocycles. The van der Waals surface area contributed by atoms with Crippen LogP contribution in [0.5, 0.6) is 0 Å². The summed E-state index contributed by atoms with van der Waals surface area (Å²) in [5, 5.41) is 12.3. The fraction of sp³-hybridized carbons (Fsp3) is 0.214. The molecule has 1 atom stereocenters. The van der Waals surface area contributed by atoms with E-state index in [0.29, 0.717) is 12.1 Å². The zero-order valence-electron chi connectivity index (χ0n) is 10.1. The van der Waals surface area contributed by atoms with Crippen molar-refractivity contribution >= 4 is 5.97 Å². The number of furan rings is 1. The largest absolute Gasteiger partial charge is 0.478 e. The van der Waals surface area contributed by atoms with Crippen molar-refractivity contribution in [1.29, 1.82) is 0 Å². The van der Waals surface area contributed by atoms with Gasteiger partial charge in [0.05, 0.1) is 17.9 Å². The highest BCUT2D eigenvalue weighted by Crippen LogP contribution is 2.14. The van der Waals surface area contributed by atoms with E-state index < -0.39 is 5.97 Å². The Labute approximate surface area is 105 Å². The summed E-state index contributed by atoms with van der Waals surface area (Å²) in [5.41, 5.74) is 1.10. The van der Waals surface area contributed by atoms with Crippen LogP contribution in [-0.2, 0) is 6.54 Å². The molecule has 0 bridgehead atoms. The van der Waals surface area contributed by atoms with E-state index in [0.717, 1.165) is 11.3 Å². The molecule has 1 aromatic carbocycles. The predicted molar refractivity (Wildman–Crippen MR) is 67.4 cm³/mol. The first-order valence-corrected chi connectivity index (χ1v) is 5.76. The van der Waals surface area contributed by atoms with Crippen LogP contribution in [0.1, 0.15) is 34.6 Å². The molecule has 0 radical (unpaired) electrons. The molecule has 0 saturated heterocycles. The van der Waals surface area contributed by atoms with Crippen LogP contribution >= 0.6 is 0 Å². The summed E-state index contributed by atoms with van der Waals surface area (Å²) in [6.45, 7) is 2.46. The standard InChI is InChI=1S/C14H15NO3/c1-10(13-7-4-8-18-13)15-9-11-5-2-3-6-12(11)14(16)17/h2-8,10,15H,9H2,1H3,(H,16,17)/t10-/m1/s1. The summed E-state index contributed by atoms with van der Waals surface area (Å²) in [4.78, 5) is 11.0. The van der Waals surface area contributed by atoms with Crippen molar-refractivity contribution in [3.05, 3.63) is 59.5 Å². The minimum Gasteiger partial charge on any atom is -0.478 e. The zero-order chi connectivity index (χ0) is 13.0. The summed E-state index contributed by atoms with van der Waals surface area (Å²) >= 11 is 0. The highest BCUT2D eigenvalue weighted by molar-refractivity contribution is 5.89. The number of hydrogen-bond acceptors (Lipinski definition) is 3. The van der Waals surface area contributed by atoms with Gasteiger partial charge in [-0.25, -0.2) is 4.79 Å². The molecule has 2 N–H and O–H groups in total. The summed E-state index contributed by atoms with van der Waals surface area (Å²) in [7, 11) is 0. The maximum absolute atomic E-state index is 11.0. The van der Waals surface area contributed by atoms with Gasteiger partial charge in [-0.2, -0.15) is 0 Å². The SMILES string of the molecule is C[C@@H](NCc1ccccc1C(=O)O)c1ccco1. The summed E-state index contributed by atoms with van der Waals surface area (Å²) in [5.74, 6) is -0.0687. The number of nitrogens with one attached hydrogen (secondary N) is 1. The van der Waals surface area contributed by atoms with Crippen molar-refractivity contribution in [3.8, 4) is 0 Å². The van der Waals surface area contributed by atoms with Crippen LogP contribution in [0.2, 0.25) is 0 Å². The Morgan fingerprint density at radius 2 is 2.11 bits per heavy atom. The van der Waals surface area contributed by atoms with Crippen LogP contribution in [0.15, 0.2) is 47.1 Å². The molecule has 18 heavy (non-hydrogen) atoms. The number of hydrogen-bond donors (Lipinski definition) is 2. The Kier molecular flexibility index (Phi) is 3.79.